The Labute approximate surface area is 225 Å². The molecule has 2 atom stereocenters. The van der Waals surface area contributed by atoms with Crippen molar-refractivity contribution in [2.45, 2.75) is 38.4 Å². The number of alkyl halides is 1. The Kier molecular flexibility index (Phi) is 11.4. The van der Waals surface area contributed by atoms with Crippen LogP contribution < -0.4 is 21.1 Å². The van der Waals surface area contributed by atoms with Gasteiger partial charge in [0.2, 0.25) is 0 Å². The molecule has 0 amide bonds. The average molecular weight is 620 g/mol. The van der Waals surface area contributed by atoms with Crippen LogP contribution in [-0.2, 0) is 5.41 Å². The third kappa shape index (κ3) is 8.40. The molecule has 0 saturated heterocycles. The van der Waals surface area contributed by atoms with Crippen molar-refractivity contribution in [3.8, 4) is 11.5 Å². The van der Waals surface area contributed by atoms with Crippen LogP contribution in [0.1, 0.15) is 30.5 Å². The second kappa shape index (κ2) is 13.5. The highest BCUT2D eigenvalue weighted by molar-refractivity contribution is 14.1. The van der Waals surface area contributed by atoms with Crippen molar-refractivity contribution < 1.29 is 24.8 Å². The number of hydrogen-bond donors (Lipinski definition) is 5. The zero-order valence-electron chi connectivity index (χ0n) is 20.2. The largest absolute Gasteiger partial charge is 0.491 e. The number of ether oxygens (including phenoxy) is 2. The summed E-state index contributed by atoms with van der Waals surface area (Å²) in [5, 5.41) is 30.4. The first-order valence-electron chi connectivity index (χ1n) is 11.2. The van der Waals surface area contributed by atoms with Crippen LogP contribution in [0, 0.1) is 6.92 Å². The topological polar surface area (TPSA) is 134 Å². The number of hydrogen-bond acceptors (Lipinski definition) is 8. The van der Waals surface area contributed by atoms with Gasteiger partial charge in [-0.05, 0) is 64.4 Å². The van der Waals surface area contributed by atoms with Crippen LogP contribution in [0.15, 0.2) is 51.9 Å². The Morgan fingerprint density at radius 3 is 2.20 bits per heavy atom. The molecule has 0 bridgehead atoms. The lowest BCUT2D eigenvalue weighted by atomic mass is 9.77. The Morgan fingerprint density at radius 2 is 1.66 bits per heavy atom. The molecule has 7 N–H and O–H groups in total. The van der Waals surface area contributed by atoms with Gasteiger partial charge in [-0.1, -0.05) is 38.1 Å². The third-order valence-corrected chi connectivity index (χ3v) is 6.68. The third-order valence-electron chi connectivity index (χ3n) is 5.70. The van der Waals surface area contributed by atoms with E-state index in [0.717, 1.165) is 22.4 Å². The van der Waals surface area contributed by atoms with Gasteiger partial charge in [-0.3, -0.25) is 0 Å². The van der Waals surface area contributed by atoms with E-state index in [1.807, 2.05) is 65.9 Å². The molecule has 0 fully saturated rings. The summed E-state index contributed by atoms with van der Waals surface area (Å²) < 4.78 is 11.8. The molecule has 10 heteroatoms. The van der Waals surface area contributed by atoms with Crippen LogP contribution in [0.3, 0.4) is 0 Å². The lowest BCUT2D eigenvalue weighted by molar-refractivity contribution is 0.0745. The highest BCUT2D eigenvalue weighted by Gasteiger charge is 2.24. The van der Waals surface area contributed by atoms with Crippen molar-refractivity contribution in [2.75, 3.05) is 32.2 Å². The van der Waals surface area contributed by atoms with Gasteiger partial charge in [0.15, 0.2) is 0 Å². The predicted octanol–water partition coefficient (Wildman–Crippen LogP) is 2.77. The van der Waals surface area contributed by atoms with Crippen molar-refractivity contribution in [2.24, 2.45) is 11.6 Å². The maximum atomic E-state index is 10.2. The molecule has 194 valence electrons. The van der Waals surface area contributed by atoms with Gasteiger partial charge in [0.25, 0.3) is 0 Å². The number of aliphatic hydroxyl groups excluding tert-OH is 3. The number of rotatable bonds is 13. The molecule has 2 aromatic rings. The first-order valence-corrected chi connectivity index (χ1v) is 12.8. The Morgan fingerprint density at radius 1 is 1.06 bits per heavy atom. The lowest BCUT2D eigenvalue weighted by Crippen LogP contribution is -2.41. The highest BCUT2D eigenvalue weighted by Crippen LogP contribution is 2.34. The van der Waals surface area contributed by atoms with Crippen LogP contribution in [0.5, 0.6) is 11.5 Å². The van der Waals surface area contributed by atoms with E-state index in [1.165, 1.54) is 5.01 Å². The maximum Gasteiger partial charge on any atom is 0.122 e. The van der Waals surface area contributed by atoms with E-state index in [1.54, 1.807) is 0 Å². The molecule has 0 unspecified atom stereocenters. The number of nitrogens with zero attached hydrogens (tertiary/aromatic N) is 1. The minimum absolute atomic E-state index is 0.0371. The molecular weight excluding hydrogens is 585 g/mol. The molecule has 35 heavy (non-hydrogen) atoms. The van der Waals surface area contributed by atoms with Gasteiger partial charge in [-0.15, -0.1) is 11.6 Å². The Bertz CT molecular complexity index is 984. The van der Waals surface area contributed by atoms with Crippen molar-refractivity contribution in [1.82, 2.24) is 5.01 Å². The molecule has 0 aliphatic carbocycles. The summed E-state index contributed by atoms with van der Waals surface area (Å²) in [7, 11) is 0. The van der Waals surface area contributed by atoms with E-state index in [-0.39, 0.29) is 37.7 Å². The van der Waals surface area contributed by atoms with Gasteiger partial charge in [0, 0.05) is 5.41 Å². The van der Waals surface area contributed by atoms with E-state index in [2.05, 4.69) is 19.9 Å². The fraction of sp³-hybridized carbons (Fsp3) is 0.440. The Hall–Kier alpha value is -1.76. The fourth-order valence-corrected chi connectivity index (χ4v) is 4.02. The van der Waals surface area contributed by atoms with Crippen LogP contribution in [-0.4, -0.2) is 64.8 Å². The Balaban J connectivity index is 2.01. The van der Waals surface area contributed by atoms with Gasteiger partial charge >= 0.3 is 0 Å². The molecular formula is C25H35ClIN3O5. The summed E-state index contributed by atoms with van der Waals surface area (Å²) >= 11 is 7.50. The SMILES string of the molecule is Cc1cc(C(C)(C)c2ccc(OC[C@H](O)CN(N)/C(CO)=C(\N)I)cc2)ccc1OC[C@H](O)CCl. The number of hydrazine groups is 1. The number of benzene rings is 2. The maximum absolute atomic E-state index is 10.2. The first-order chi connectivity index (χ1) is 16.5. The van der Waals surface area contributed by atoms with Crippen molar-refractivity contribution in [1.29, 1.82) is 0 Å². The number of nitrogens with two attached hydrogens (primary N) is 2. The molecule has 0 radical (unpaired) electrons. The summed E-state index contributed by atoms with van der Waals surface area (Å²) in [6.45, 7) is 6.19. The van der Waals surface area contributed by atoms with Gasteiger partial charge in [-0.2, -0.15) is 0 Å². The summed E-state index contributed by atoms with van der Waals surface area (Å²) in [6.07, 6.45) is -1.57. The smallest absolute Gasteiger partial charge is 0.122 e. The molecule has 0 aromatic heterocycles. The summed E-state index contributed by atoms with van der Waals surface area (Å²) in [5.74, 6) is 7.34. The summed E-state index contributed by atoms with van der Waals surface area (Å²) in [4.78, 5) is 0. The second-order valence-corrected chi connectivity index (χ2v) is 10.3. The van der Waals surface area contributed by atoms with E-state index < -0.39 is 12.2 Å². The average Bonchev–Trinajstić information content (AvgIpc) is 2.82. The number of halogens is 2. The van der Waals surface area contributed by atoms with Crippen molar-refractivity contribution >= 4 is 34.2 Å². The predicted molar refractivity (Wildman–Crippen MR) is 147 cm³/mol. The van der Waals surface area contributed by atoms with Crippen LogP contribution in [0.2, 0.25) is 0 Å². The minimum Gasteiger partial charge on any atom is -0.491 e. The van der Waals surface area contributed by atoms with E-state index >= 15 is 0 Å². The first kappa shape index (κ1) is 29.5. The van der Waals surface area contributed by atoms with Crippen molar-refractivity contribution in [3.63, 3.8) is 0 Å². The molecule has 8 nitrogen and oxygen atoms in total. The van der Waals surface area contributed by atoms with Crippen LogP contribution >= 0.6 is 34.2 Å². The normalized spacial score (nSPS) is 14.2. The number of aliphatic hydroxyl groups is 3. The van der Waals surface area contributed by atoms with E-state index in [9.17, 15) is 15.3 Å². The zero-order chi connectivity index (χ0) is 26.2. The molecule has 0 saturated carbocycles. The molecule has 2 rings (SSSR count). The van der Waals surface area contributed by atoms with Crippen LogP contribution in [0.25, 0.3) is 0 Å². The molecule has 0 aliphatic heterocycles. The highest BCUT2D eigenvalue weighted by atomic mass is 127. The molecule has 0 aliphatic rings. The standard InChI is InChI=1S/C25H35ClIN3O5/c1-16-10-18(6-9-23(16)35-14-19(32)11-26)25(2,3)17-4-7-21(8-5-17)34-15-20(33)12-30(29)22(13-31)24(27)28/h4-10,19-20,31-33H,11-15,28-29H2,1-3H3/b24-22-/t19-,20-/m1/s1. The van der Waals surface area contributed by atoms with E-state index in [4.69, 9.17) is 32.7 Å². The van der Waals surface area contributed by atoms with Gasteiger partial charge in [0.05, 0.1) is 28.4 Å². The minimum atomic E-state index is -0.873. The molecule has 0 spiro atoms. The van der Waals surface area contributed by atoms with E-state index in [0.29, 0.717) is 15.2 Å². The zero-order valence-corrected chi connectivity index (χ0v) is 23.2. The lowest BCUT2D eigenvalue weighted by Gasteiger charge is -2.27. The fourth-order valence-electron chi connectivity index (χ4n) is 3.45. The molecule has 2 aromatic carbocycles. The monoisotopic (exact) mass is 619 g/mol. The van der Waals surface area contributed by atoms with Gasteiger partial charge < -0.3 is 35.5 Å². The number of aryl methyl sites for hydroxylation is 1. The van der Waals surface area contributed by atoms with Gasteiger partial charge in [0.1, 0.15) is 36.9 Å². The van der Waals surface area contributed by atoms with Crippen LogP contribution in [0.4, 0.5) is 0 Å². The summed E-state index contributed by atoms with van der Waals surface area (Å²) in [5.41, 5.74) is 8.94. The van der Waals surface area contributed by atoms with Gasteiger partial charge in [-0.25, -0.2) is 5.84 Å². The quantitative estimate of drug-likeness (QED) is 0.0760. The van der Waals surface area contributed by atoms with Crippen molar-refractivity contribution in [3.05, 3.63) is 68.6 Å². The second-order valence-electron chi connectivity index (χ2n) is 8.82. The summed E-state index contributed by atoms with van der Waals surface area (Å²) in [6, 6.07) is 13.7. The molecule has 0 heterocycles.